The van der Waals surface area contributed by atoms with Gasteiger partial charge in [0.1, 0.15) is 18.8 Å². The molecule has 3 atom stereocenters. The Morgan fingerprint density at radius 2 is 2.17 bits per heavy atom. The summed E-state index contributed by atoms with van der Waals surface area (Å²) in [7, 11) is 1.90. The summed E-state index contributed by atoms with van der Waals surface area (Å²) in [5.74, 6) is 1.04. The highest BCUT2D eigenvalue weighted by Gasteiger charge is 2.36. The number of carbonyl (C=O) groups excluding carboxylic acids is 1. The summed E-state index contributed by atoms with van der Waals surface area (Å²) in [6.45, 7) is 0.630. The molecule has 0 radical (unpaired) electrons. The summed E-state index contributed by atoms with van der Waals surface area (Å²) in [4.78, 5) is 11.8. The van der Waals surface area contributed by atoms with Gasteiger partial charge >= 0.3 is 6.09 Å². The maximum Gasteiger partial charge on any atom is 0.407 e. The van der Waals surface area contributed by atoms with Gasteiger partial charge in [0.25, 0.3) is 0 Å². The van der Waals surface area contributed by atoms with Crippen molar-refractivity contribution in [3.05, 3.63) is 48.0 Å². The van der Waals surface area contributed by atoms with Crippen molar-refractivity contribution in [1.29, 1.82) is 0 Å². The summed E-state index contributed by atoms with van der Waals surface area (Å²) in [6, 6.07) is 9.52. The van der Waals surface area contributed by atoms with Gasteiger partial charge in [-0.1, -0.05) is 30.3 Å². The average Bonchev–Trinajstić information content (AvgIpc) is 3.17. The molecule has 1 heterocycles. The summed E-state index contributed by atoms with van der Waals surface area (Å²) < 4.78 is 7.06. The van der Waals surface area contributed by atoms with Crippen molar-refractivity contribution in [3.8, 4) is 0 Å². The van der Waals surface area contributed by atoms with Gasteiger partial charge in [0.05, 0.1) is 6.10 Å². The Labute approximate surface area is 140 Å². The predicted molar refractivity (Wildman–Crippen MR) is 87.1 cm³/mol. The maximum absolute atomic E-state index is 11.8. The van der Waals surface area contributed by atoms with Crippen LogP contribution < -0.4 is 5.32 Å². The number of nitrogens with one attached hydrogen (secondary N) is 1. The molecule has 3 rings (SSSR count). The van der Waals surface area contributed by atoms with Crippen LogP contribution in [0.15, 0.2) is 36.7 Å². The molecule has 1 saturated carbocycles. The molecule has 1 fully saturated rings. The van der Waals surface area contributed by atoms with Gasteiger partial charge < -0.3 is 19.7 Å². The van der Waals surface area contributed by atoms with Gasteiger partial charge in [-0.3, -0.25) is 0 Å². The van der Waals surface area contributed by atoms with E-state index in [-0.39, 0.29) is 18.4 Å². The van der Waals surface area contributed by atoms with E-state index in [1.165, 1.54) is 0 Å². The molecule has 1 aliphatic carbocycles. The molecule has 0 unspecified atom stereocenters. The van der Waals surface area contributed by atoms with Crippen LogP contribution in [0.25, 0.3) is 0 Å². The second kappa shape index (κ2) is 7.44. The zero-order valence-corrected chi connectivity index (χ0v) is 13.6. The van der Waals surface area contributed by atoms with Crippen LogP contribution in [0.1, 0.15) is 30.1 Å². The number of aliphatic hydroxyl groups is 1. The predicted octanol–water partition coefficient (Wildman–Crippen LogP) is 1.60. The van der Waals surface area contributed by atoms with Crippen molar-refractivity contribution in [2.45, 2.75) is 31.5 Å². The van der Waals surface area contributed by atoms with Gasteiger partial charge in [-0.15, -0.1) is 10.2 Å². The second-order valence-electron chi connectivity index (χ2n) is 6.24. The number of hydrogen-bond donors (Lipinski definition) is 2. The van der Waals surface area contributed by atoms with Crippen LogP contribution in [0.3, 0.4) is 0 Å². The smallest absolute Gasteiger partial charge is 0.407 e. The molecule has 7 heteroatoms. The first-order valence-corrected chi connectivity index (χ1v) is 8.10. The molecule has 1 aromatic heterocycles. The van der Waals surface area contributed by atoms with Crippen molar-refractivity contribution in [3.63, 3.8) is 0 Å². The summed E-state index contributed by atoms with van der Waals surface area (Å²) >= 11 is 0. The molecule has 7 nitrogen and oxygen atoms in total. The number of carbonyl (C=O) groups is 1. The van der Waals surface area contributed by atoms with Crippen LogP contribution in [0.2, 0.25) is 0 Å². The van der Waals surface area contributed by atoms with Crippen LogP contribution in [-0.2, 0) is 18.4 Å². The van der Waals surface area contributed by atoms with Gasteiger partial charge in [0.15, 0.2) is 0 Å². The molecule has 2 aromatic rings. The van der Waals surface area contributed by atoms with E-state index in [9.17, 15) is 9.90 Å². The van der Waals surface area contributed by atoms with Gasteiger partial charge in [-0.2, -0.15) is 0 Å². The normalized spacial score (nSPS) is 23.2. The number of hydrogen-bond acceptors (Lipinski definition) is 5. The highest BCUT2D eigenvalue weighted by molar-refractivity contribution is 5.67. The average molecular weight is 330 g/mol. The third kappa shape index (κ3) is 3.91. The van der Waals surface area contributed by atoms with Gasteiger partial charge in [0, 0.05) is 25.4 Å². The number of alkyl carbamates (subject to hydrolysis) is 1. The molecule has 1 amide bonds. The Morgan fingerprint density at radius 3 is 2.88 bits per heavy atom. The lowest BCUT2D eigenvalue weighted by Gasteiger charge is -2.15. The van der Waals surface area contributed by atoms with Gasteiger partial charge in [0.2, 0.25) is 0 Å². The Bertz CT molecular complexity index is 673. The minimum Gasteiger partial charge on any atom is -0.445 e. The second-order valence-corrected chi connectivity index (χ2v) is 6.24. The fourth-order valence-corrected chi connectivity index (χ4v) is 3.18. The first-order chi connectivity index (χ1) is 11.6. The number of ether oxygens (including phenoxy) is 1. The molecular weight excluding hydrogens is 308 g/mol. The monoisotopic (exact) mass is 330 g/mol. The van der Waals surface area contributed by atoms with Crippen LogP contribution in [0, 0.1) is 5.92 Å². The maximum atomic E-state index is 11.8. The van der Waals surface area contributed by atoms with Crippen LogP contribution in [-0.4, -0.2) is 38.6 Å². The van der Waals surface area contributed by atoms with E-state index in [0.29, 0.717) is 13.0 Å². The van der Waals surface area contributed by atoms with Crippen molar-refractivity contribution in [1.82, 2.24) is 20.1 Å². The molecule has 2 N–H and O–H groups in total. The first kappa shape index (κ1) is 16.4. The van der Waals surface area contributed by atoms with E-state index in [1.807, 2.05) is 41.9 Å². The largest absolute Gasteiger partial charge is 0.445 e. The lowest BCUT2D eigenvalue weighted by atomic mass is 10.0. The zero-order chi connectivity index (χ0) is 16.9. The quantitative estimate of drug-likeness (QED) is 0.869. The molecule has 0 saturated heterocycles. The van der Waals surface area contributed by atoms with E-state index in [0.717, 1.165) is 17.8 Å². The molecule has 1 aliphatic rings. The van der Waals surface area contributed by atoms with Gasteiger partial charge in [-0.05, 0) is 18.4 Å². The topological polar surface area (TPSA) is 89.3 Å². The number of aryl methyl sites for hydroxylation is 1. The molecule has 0 bridgehead atoms. The van der Waals surface area contributed by atoms with E-state index >= 15 is 0 Å². The van der Waals surface area contributed by atoms with Gasteiger partial charge in [-0.25, -0.2) is 4.79 Å². The van der Waals surface area contributed by atoms with Crippen molar-refractivity contribution >= 4 is 6.09 Å². The Balaban J connectivity index is 1.44. The zero-order valence-electron chi connectivity index (χ0n) is 13.6. The summed E-state index contributed by atoms with van der Waals surface area (Å²) in [5, 5.41) is 21.0. The van der Waals surface area contributed by atoms with E-state index in [4.69, 9.17) is 4.74 Å². The van der Waals surface area contributed by atoms with Crippen molar-refractivity contribution < 1.29 is 14.6 Å². The Morgan fingerprint density at radius 1 is 1.38 bits per heavy atom. The molecule has 1 aromatic carbocycles. The lowest BCUT2D eigenvalue weighted by molar-refractivity contribution is 0.118. The fourth-order valence-electron chi connectivity index (χ4n) is 3.18. The minimum atomic E-state index is -0.465. The van der Waals surface area contributed by atoms with Crippen LogP contribution >= 0.6 is 0 Å². The number of aliphatic hydroxyl groups excluding tert-OH is 1. The van der Waals surface area contributed by atoms with Crippen LogP contribution in [0.4, 0.5) is 4.79 Å². The van der Waals surface area contributed by atoms with E-state index in [2.05, 4.69) is 15.5 Å². The Hall–Kier alpha value is -2.41. The number of nitrogens with zero attached hydrogens (tertiary/aromatic N) is 3. The molecule has 128 valence electrons. The number of aromatic nitrogens is 3. The standard InChI is InChI=1S/C17H22N4O3/c1-21-11-19-20-16(21)13-7-14(15(22)8-13)9-18-17(23)24-10-12-5-3-2-4-6-12/h2-6,11,13-15,22H,7-10H2,1H3,(H,18,23)/t13-,14+,15+/m1/s1. The molecule has 0 spiro atoms. The highest BCUT2D eigenvalue weighted by Crippen LogP contribution is 2.37. The Kier molecular flexibility index (Phi) is 5.10. The third-order valence-electron chi connectivity index (χ3n) is 4.49. The molecule has 0 aliphatic heterocycles. The third-order valence-corrected chi connectivity index (χ3v) is 4.49. The molecular formula is C17H22N4O3. The van der Waals surface area contributed by atoms with Crippen LogP contribution in [0.5, 0.6) is 0 Å². The summed E-state index contributed by atoms with van der Waals surface area (Å²) in [5.41, 5.74) is 0.941. The highest BCUT2D eigenvalue weighted by atomic mass is 16.5. The number of amides is 1. The lowest BCUT2D eigenvalue weighted by Crippen LogP contribution is -2.32. The SMILES string of the molecule is Cn1cnnc1[C@@H]1C[C@@H](CNC(=O)OCc2ccccc2)[C@@H](O)C1. The summed E-state index contributed by atoms with van der Waals surface area (Å²) in [6.07, 6.45) is 2.15. The number of rotatable bonds is 5. The van der Waals surface area contributed by atoms with E-state index < -0.39 is 12.2 Å². The molecule has 24 heavy (non-hydrogen) atoms. The number of benzene rings is 1. The van der Waals surface area contributed by atoms with Crippen molar-refractivity contribution in [2.24, 2.45) is 13.0 Å². The first-order valence-electron chi connectivity index (χ1n) is 8.10. The van der Waals surface area contributed by atoms with Crippen molar-refractivity contribution in [2.75, 3.05) is 6.54 Å². The fraction of sp³-hybridized carbons (Fsp3) is 0.471. The van der Waals surface area contributed by atoms with E-state index in [1.54, 1.807) is 6.33 Å². The minimum absolute atomic E-state index is 0.00373.